The van der Waals surface area contributed by atoms with Crippen molar-refractivity contribution in [3.63, 3.8) is 0 Å². The molecule has 0 aliphatic carbocycles. The maximum absolute atomic E-state index is 12.9. The molecule has 2 rings (SSSR count). The molecule has 0 amide bonds. The fourth-order valence-electron chi connectivity index (χ4n) is 1.63. The van der Waals surface area contributed by atoms with Gasteiger partial charge in [0, 0.05) is 5.38 Å². The zero-order chi connectivity index (χ0) is 18.0. The number of aromatic nitrogens is 1. The first-order valence-corrected chi connectivity index (χ1v) is 7.11. The summed E-state index contributed by atoms with van der Waals surface area (Å²) in [5.74, 6) is -1.32. The molecule has 0 bridgehead atoms. The van der Waals surface area contributed by atoms with Gasteiger partial charge in [0.1, 0.15) is 5.75 Å². The first-order chi connectivity index (χ1) is 11.0. The molecule has 0 aliphatic heterocycles. The predicted octanol–water partition coefficient (Wildman–Crippen LogP) is 4.81. The van der Waals surface area contributed by atoms with Gasteiger partial charge in [-0.3, -0.25) is 5.43 Å². The lowest BCUT2D eigenvalue weighted by molar-refractivity contribution is -0.276. The molecule has 0 spiro atoms. The number of alkyl halides is 6. The van der Waals surface area contributed by atoms with E-state index in [-0.39, 0.29) is 5.56 Å². The summed E-state index contributed by atoms with van der Waals surface area (Å²) in [6.45, 7) is 1.75. The van der Waals surface area contributed by atoms with E-state index in [4.69, 9.17) is 0 Å². The number of thiazole rings is 1. The molecule has 0 atom stereocenters. The Bertz CT molecular complexity index is 738. The van der Waals surface area contributed by atoms with Gasteiger partial charge in [-0.05, 0) is 30.7 Å². The highest BCUT2D eigenvalue weighted by atomic mass is 32.1. The third-order valence-electron chi connectivity index (χ3n) is 2.53. The van der Waals surface area contributed by atoms with E-state index in [9.17, 15) is 26.3 Å². The van der Waals surface area contributed by atoms with Crippen molar-refractivity contribution in [3.05, 3.63) is 40.4 Å². The number of benzene rings is 1. The van der Waals surface area contributed by atoms with Gasteiger partial charge >= 0.3 is 12.5 Å². The standard InChI is InChI=1S/C13H9F6N3OS/c1-7-6-24-11(21-7)22-20-5-8-2-3-10(23-13(17,18)19)9(4-8)12(14,15)16/h2-6H,1H3,(H,21,22). The van der Waals surface area contributed by atoms with Crippen molar-refractivity contribution in [2.24, 2.45) is 5.10 Å². The van der Waals surface area contributed by atoms with Crippen LogP contribution >= 0.6 is 11.3 Å². The SMILES string of the molecule is Cc1csc(NN=Cc2ccc(OC(F)(F)F)c(C(F)(F)F)c2)n1. The number of ether oxygens (including phenoxy) is 1. The van der Waals surface area contributed by atoms with E-state index in [1.807, 2.05) is 0 Å². The van der Waals surface area contributed by atoms with Gasteiger partial charge in [0.15, 0.2) is 0 Å². The van der Waals surface area contributed by atoms with Crippen molar-refractivity contribution in [1.82, 2.24) is 4.98 Å². The lowest BCUT2D eigenvalue weighted by Crippen LogP contribution is -2.20. The second kappa shape index (κ2) is 6.67. The number of rotatable bonds is 4. The van der Waals surface area contributed by atoms with Crippen LogP contribution in [0.5, 0.6) is 5.75 Å². The fourth-order valence-corrected chi connectivity index (χ4v) is 2.27. The third-order valence-corrected chi connectivity index (χ3v) is 3.39. The number of hydrogen-bond acceptors (Lipinski definition) is 5. The minimum atomic E-state index is -5.22. The predicted molar refractivity (Wildman–Crippen MR) is 76.2 cm³/mol. The lowest BCUT2D eigenvalue weighted by Gasteiger charge is -2.15. The van der Waals surface area contributed by atoms with E-state index in [0.29, 0.717) is 17.3 Å². The van der Waals surface area contributed by atoms with Gasteiger partial charge in [-0.15, -0.1) is 24.5 Å². The van der Waals surface area contributed by atoms with E-state index in [0.717, 1.165) is 18.0 Å². The summed E-state index contributed by atoms with van der Waals surface area (Å²) in [5, 5.41) is 5.86. The third kappa shape index (κ3) is 5.11. The van der Waals surface area contributed by atoms with Crippen LogP contribution in [0.4, 0.5) is 31.5 Å². The summed E-state index contributed by atoms with van der Waals surface area (Å²) >= 11 is 1.24. The molecular formula is C13H9F6N3OS. The number of nitrogens with zero attached hydrogens (tertiary/aromatic N) is 2. The average Bonchev–Trinajstić information content (AvgIpc) is 2.83. The van der Waals surface area contributed by atoms with Crippen molar-refractivity contribution < 1.29 is 31.1 Å². The van der Waals surface area contributed by atoms with Crippen LogP contribution in [0.25, 0.3) is 0 Å². The van der Waals surface area contributed by atoms with Crippen LogP contribution in [0.2, 0.25) is 0 Å². The Morgan fingerprint density at radius 2 is 1.92 bits per heavy atom. The van der Waals surface area contributed by atoms with Crippen molar-refractivity contribution >= 4 is 22.7 Å². The van der Waals surface area contributed by atoms with Crippen LogP contribution in [0, 0.1) is 6.92 Å². The van der Waals surface area contributed by atoms with Gasteiger partial charge in [-0.2, -0.15) is 18.3 Å². The number of anilines is 1. The Labute approximate surface area is 135 Å². The highest BCUT2D eigenvalue weighted by molar-refractivity contribution is 7.13. The van der Waals surface area contributed by atoms with E-state index in [1.54, 1.807) is 12.3 Å². The molecule has 1 aromatic carbocycles. The summed E-state index contributed by atoms with van der Waals surface area (Å²) in [4.78, 5) is 4.02. The number of nitrogens with one attached hydrogen (secondary N) is 1. The average molecular weight is 369 g/mol. The van der Waals surface area contributed by atoms with Crippen molar-refractivity contribution in [3.8, 4) is 5.75 Å². The Morgan fingerprint density at radius 3 is 2.46 bits per heavy atom. The summed E-state index contributed by atoms with van der Waals surface area (Å²) in [5.41, 5.74) is 1.65. The van der Waals surface area contributed by atoms with Crippen molar-refractivity contribution in [2.75, 3.05) is 5.43 Å². The molecule has 1 heterocycles. The molecule has 0 unspecified atom stereocenters. The van der Waals surface area contributed by atoms with Gasteiger partial charge < -0.3 is 4.74 Å². The largest absolute Gasteiger partial charge is 0.573 e. The van der Waals surface area contributed by atoms with Gasteiger partial charge in [-0.25, -0.2) is 4.98 Å². The topological polar surface area (TPSA) is 46.5 Å². The van der Waals surface area contributed by atoms with Gasteiger partial charge in [0.25, 0.3) is 0 Å². The van der Waals surface area contributed by atoms with Crippen LogP contribution in [0.15, 0.2) is 28.7 Å². The summed E-state index contributed by atoms with van der Waals surface area (Å²) < 4.78 is 78.5. The fraction of sp³-hybridized carbons (Fsp3) is 0.231. The van der Waals surface area contributed by atoms with E-state index >= 15 is 0 Å². The molecule has 0 radical (unpaired) electrons. The van der Waals surface area contributed by atoms with Crippen LogP contribution in [-0.2, 0) is 6.18 Å². The number of hydrogen-bond donors (Lipinski definition) is 1. The summed E-state index contributed by atoms with van der Waals surface area (Å²) in [7, 11) is 0. The molecule has 11 heteroatoms. The minimum Gasteiger partial charge on any atom is -0.405 e. The van der Waals surface area contributed by atoms with Crippen molar-refractivity contribution in [1.29, 1.82) is 0 Å². The molecule has 130 valence electrons. The molecule has 4 nitrogen and oxygen atoms in total. The molecule has 1 N–H and O–H groups in total. The van der Waals surface area contributed by atoms with Gasteiger partial charge in [0.2, 0.25) is 5.13 Å². The van der Waals surface area contributed by atoms with Gasteiger partial charge in [-0.1, -0.05) is 0 Å². The summed E-state index contributed by atoms with van der Waals surface area (Å²) in [6.07, 6.45) is -9.20. The maximum atomic E-state index is 12.9. The maximum Gasteiger partial charge on any atom is 0.573 e. The molecule has 0 fully saturated rings. The van der Waals surface area contributed by atoms with Crippen LogP contribution in [0.3, 0.4) is 0 Å². The quantitative estimate of drug-likeness (QED) is 0.478. The van der Waals surface area contributed by atoms with Crippen LogP contribution < -0.4 is 10.2 Å². The Morgan fingerprint density at radius 1 is 1.21 bits per heavy atom. The zero-order valence-corrected chi connectivity index (χ0v) is 12.7. The van der Waals surface area contributed by atoms with E-state index in [2.05, 4.69) is 20.2 Å². The van der Waals surface area contributed by atoms with E-state index in [1.165, 1.54) is 11.3 Å². The second-order valence-electron chi connectivity index (χ2n) is 4.47. The molecule has 0 saturated carbocycles. The smallest absolute Gasteiger partial charge is 0.405 e. The molecule has 2 aromatic rings. The minimum absolute atomic E-state index is 0.0578. The molecule has 0 saturated heterocycles. The number of hydrazone groups is 1. The first-order valence-electron chi connectivity index (χ1n) is 6.23. The van der Waals surface area contributed by atoms with Crippen LogP contribution in [-0.4, -0.2) is 17.6 Å². The Balaban J connectivity index is 2.22. The first kappa shape index (κ1) is 18.0. The van der Waals surface area contributed by atoms with Gasteiger partial charge in [0.05, 0.1) is 17.5 Å². The molecule has 0 aliphatic rings. The monoisotopic (exact) mass is 369 g/mol. The normalized spacial score (nSPS) is 12.6. The Kier molecular flexibility index (Phi) is 5.02. The molecule has 24 heavy (non-hydrogen) atoms. The molecular weight excluding hydrogens is 360 g/mol. The zero-order valence-electron chi connectivity index (χ0n) is 11.9. The van der Waals surface area contributed by atoms with E-state index < -0.39 is 23.9 Å². The summed E-state index contributed by atoms with van der Waals surface area (Å²) in [6, 6.07) is 2.12. The Hall–Kier alpha value is -2.30. The van der Waals surface area contributed by atoms with Crippen molar-refractivity contribution in [2.45, 2.75) is 19.5 Å². The second-order valence-corrected chi connectivity index (χ2v) is 5.32. The number of halogens is 6. The highest BCUT2D eigenvalue weighted by Gasteiger charge is 2.39. The highest BCUT2D eigenvalue weighted by Crippen LogP contribution is 2.38. The lowest BCUT2D eigenvalue weighted by atomic mass is 10.1. The number of aryl methyl sites for hydroxylation is 1. The van der Waals surface area contributed by atoms with Crippen LogP contribution in [0.1, 0.15) is 16.8 Å². The molecule has 1 aromatic heterocycles.